The Kier molecular flexibility index (Phi) is 6.03. The zero-order chi connectivity index (χ0) is 21.6. The normalized spacial score (nSPS) is 12.7. The maximum Gasteiger partial charge on any atom is 0.342 e. The summed E-state index contributed by atoms with van der Waals surface area (Å²) in [6.45, 7) is 1.96. The van der Waals surface area contributed by atoms with Crippen molar-refractivity contribution in [3.05, 3.63) is 83.9 Å². The van der Waals surface area contributed by atoms with Crippen molar-refractivity contribution in [1.82, 2.24) is 0 Å². The Bertz CT molecular complexity index is 1080. The molecular formula is C24H21NO6. The quantitative estimate of drug-likeness (QED) is 0.579. The summed E-state index contributed by atoms with van der Waals surface area (Å²) in [7, 11) is 0. The van der Waals surface area contributed by atoms with E-state index in [0.717, 1.165) is 5.56 Å². The van der Waals surface area contributed by atoms with Crippen LogP contribution in [0.25, 0.3) is 0 Å². The van der Waals surface area contributed by atoms with Gasteiger partial charge >= 0.3 is 5.97 Å². The summed E-state index contributed by atoms with van der Waals surface area (Å²) in [6.07, 6.45) is -1.01. The lowest BCUT2D eigenvalue weighted by Gasteiger charge is -2.15. The Hall–Kier alpha value is -4.00. The van der Waals surface area contributed by atoms with Gasteiger partial charge in [-0.3, -0.25) is 4.79 Å². The summed E-state index contributed by atoms with van der Waals surface area (Å²) >= 11 is 0. The monoisotopic (exact) mass is 419 g/mol. The van der Waals surface area contributed by atoms with Gasteiger partial charge < -0.3 is 24.3 Å². The van der Waals surface area contributed by atoms with Gasteiger partial charge in [0.1, 0.15) is 17.9 Å². The van der Waals surface area contributed by atoms with E-state index in [1.807, 2.05) is 30.3 Å². The van der Waals surface area contributed by atoms with Gasteiger partial charge in [-0.25, -0.2) is 4.79 Å². The van der Waals surface area contributed by atoms with Crippen LogP contribution in [0.15, 0.2) is 72.8 Å². The SMILES string of the molecule is C[C@H](OC(=O)c1ccccc1OCc1ccccc1)C(=O)Nc1ccc2c(c1)OCO2. The molecule has 0 saturated heterocycles. The first-order valence-corrected chi connectivity index (χ1v) is 9.77. The first kappa shape index (κ1) is 20.3. The number of rotatable bonds is 7. The van der Waals surface area contributed by atoms with Crippen LogP contribution in [0.2, 0.25) is 0 Å². The molecule has 7 nitrogen and oxygen atoms in total. The smallest absolute Gasteiger partial charge is 0.342 e. The molecule has 0 aromatic heterocycles. The summed E-state index contributed by atoms with van der Waals surface area (Å²) in [4.78, 5) is 25.2. The molecule has 0 aliphatic carbocycles. The number of benzene rings is 3. The van der Waals surface area contributed by atoms with E-state index < -0.39 is 18.0 Å². The van der Waals surface area contributed by atoms with Crippen molar-refractivity contribution in [2.24, 2.45) is 0 Å². The highest BCUT2D eigenvalue weighted by molar-refractivity contribution is 5.98. The predicted octanol–water partition coefficient (Wildman–Crippen LogP) is 4.18. The van der Waals surface area contributed by atoms with Crippen molar-refractivity contribution >= 4 is 17.6 Å². The van der Waals surface area contributed by atoms with Gasteiger partial charge in [0.25, 0.3) is 5.91 Å². The minimum atomic E-state index is -1.01. The second-order valence-electron chi connectivity index (χ2n) is 6.88. The molecule has 158 valence electrons. The van der Waals surface area contributed by atoms with Crippen LogP contribution in [0.3, 0.4) is 0 Å². The van der Waals surface area contributed by atoms with Crippen LogP contribution in [0.5, 0.6) is 17.2 Å². The fraction of sp³-hybridized carbons (Fsp3) is 0.167. The molecule has 0 spiro atoms. The lowest BCUT2D eigenvalue weighted by molar-refractivity contribution is -0.123. The number of carbonyl (C=O) groups is 2. The van der Waals surface area contributed by atoms with E-state index in [1.54, 1.807) is 42.5 Å². The predicted molar refractivity (Wildman–Crippen MR) is 113 cm³/mol. The van der Waals surface area contributed by atoms with E-state index >= 15 is 0 Å². The van der Waals surface area contributed by atoms with Crippen LogP contribution in [0, 0.1) is 0 Å². The fourth-order valence-corrected chi connectivity index (χ4v) is 2.99. The highest BCUT2D eigenvalue weighted by Gasteiger charge is 2.22. The molecule has 4 rings (SSSR count). The van der Waals surface area contributed by atoms with Gasteiger partial charge in [0.05, 0.1) is 0 Å². The van der Waals surface area contributed by atoms with E-state index in [2.05, 4.69) is 5.32 Å². The number of anilines is 1. The Morgan fingerprint density at radius 2 is 1.71 bits per heavy atom. The summed E-state index contributed by atoms with van der Waals surface area (Å²) < 4.78 is 21.7. The molecule has 0 bridgehead atoms. The molecule has 1 N–H and O–H groups in total. The molecule has 1 atom stereocenters. The summed E-state index contributed by atoms with van der Waals surface area (Å²) in [5, 5.41) is 2.71. The maximum absolute atomic E-state index is 12.7. The van der Waals surface area contributed by atoms with E-state index in [1.165, 1.54) is 6.92 Å². The molecule has 0 unspecified atom stereocenters. The van der Waals surface area contributed by atoms with E-state index in [4.69, 9.17) is 18.9 Å². The van der Waals surface area contributed by atoms with Gasteiger partial charge in [-0.05, 0) is 36.8 Å². The average Bonchev–Trinajstić information content (AvgIpc) is 3.26. The topological polar surface area (TPSA) is 83.1 Å². The number of hydrogen-bond acceptors (Lipinski definition) is 6. The third kappa shape index (κ3) is 4.95. The van der Waals surface area contributed by atoms with Crippen LogP contribution < -0.4 is 19.5 Å². The second kappa shape index (κ2) is 9.21. The van der Waals surface area contributed by atoms with Crippen molar-refractivity contribution in [3.8, 4) is 17.2 Å². The van der Waals surface area contributed by atoms with Crippen molar-refractivity contribution in [2.75, 3.05) is 12.1 Å². The highest BCUT2D eigenvalue weighted by Crippen LogP contribution is 2.34. The molecule has 31 heavy (non-hydrogen) atoms. The van der Waals surface area contributed by atoms with Gasteiger partial charge in [-0.1, -0.05) is 42.5 Å². The molecule has 3 aromatic rings. The van der Waals surface area contributed by atoms with Crippen molar-refractivity contribution < 1.29 is 28.5 Å². The standard InChI is InChI=1S/C24H21NO6/c1-16(23(26)25-18-11-12-21-22(13-18)30-15-29-21)31-24(27)19-9-5-6-10-20(19)28-14-17-7-3-2-4-8-17/h2-13,16H,14-15H2,1H3,(H,25,26)/t16-/m0/s1. The summed E-state index contributed by atoms with van der Waals surface area (Å²) in [5.41, 5.74) is 1.74. The Labute approximate surface area is 179 Å². The molecule has 7 heteroatoms. The Morgan fingerprint density at radius 3 is 2.55 bits per heavy atom. The minimum absolute atomic E-state index is 0.145. The lowest BCUT2D eigenvalue weighted by Crippen LogP contribution is -2.30. The van der Waals surface area contributed by atoms with Crippen LogP contribution in [0.1, 0.15) is 22.8 Å². The van der Waals surface area contributed by atoms with Gasteiger partial charge in [0, 0.05) is 11.8 Å². The molecule has 3 aromatic carbocycles. The first-order chi connectivity index (χ1) is 15.1. The molecule has 1 heterocycles. The molecule has 1 aliphatic rings. The van der Waals surface area contributed by atoms with Crippen molar-refractivity contribution in [2.45, 2.75) is 19.6 Å². The van der Waals surface area contributed by atoms with E-state index in [9.17, 15) is 9.59 Å². The molecule has 1 aliphatic heterocycles. The number of carbonyl (C=O) groups excluding carboxylic acids is 2. The van der Waals surface area contributed by atoms with Crippen molar-refractivity contribution in [1.29, 1.82) is 0 Å². The number of ether oxygens (including phenoxy) is 4. The zero-order valence-corrected chi connectivity index (χ0v) is 16.9. The Morgan fingerprint density at radius 1 is 0.968 bits per heavy atom. The van der Waals surface area contributed by atoms with E-state index in [0.29, 0.717) is 29.5 Å². The maximum atomic E-state index is 12.7. The highest BCUT2D eigenvalue weighted by atomic mass is 16.7. The van der Waals surface area contributed by atoms with Crippen LogP contribution >= 0.6 is 0 Å². The van der Waals surface area contributed by atoms with Crippen LogP contribution in [-0.2, 0) is 16.1 Å². The molecule has 0 radical (unpaired) electrons. The minimum Gasteiger partial charge on any atom is -0.488 e. The van der Waals surface area contributed by atoms with Gasteiger partial charge in [-0.15, -0.1) is 0 Å². The number of amides is 1. The molecule has 0 saturated carbocycles. The Balaban J connectivity index is 1.37. The number of esters is 1. The third-order valence-corrected chi connectivity index (χ3v) is 4.64. The third-order valence-electron chi connectivity index (χ3n) is 4.64. The van der Waals surface area contributed by atoms with Crippen LogP contribution in [0.4, 0.5) is 5.69 Å². The number of hydrogen-bond donors (Lipinski definition) is 1. The molecule has 1 amide bonds. The van der Waals surface area contributed by atoms with Crippen molar-refractivity contribution in [3.63, 3.8) is 0 Å². The van der Waals surface area contributed by atoms with Gasteiger partial charge in [-0.2, -0.15) is 0 Å². The zero-order valence-electron chi connectivity index (χ0n) is 16.9. The average molecular weight is 419 g/mol. The number of nitrogens with one attached hydrogen (secondary N) is 1. The van der Waals surface area contributed by atoms with E-state index in [-0.39, 0.29) is 12.4 Å². The second-order valence-corrected chi connectivity index (χ2v) is 6.88. The molecule has 0 fully saturated rings. The largest absolute Gasteiger partial charge is 0.488 e. The lowest BCUT2D eigenvalue weighted by atomic mass is 10.2. The summed E-state index contributed by atoms with van der Waals surface area (Å²) in [6, 6.07) is 21.4. The summed E-state index contributed by atoms with van der Waals surface area (Å²) in [5.74, 6) is 0.447. The first-order valence-electron chi connectivity index (χ1n) is 9.77. The molecular weight excluding hydrogens is 398 g/mol. The number of para-hydroxylation sites is 1. The van der Waals surface area contributed by atoms with Gasteiger partial charge in [0.15, 0.2) is 17.6 Å². The van der Waals surface area contributed by atoms with Crippen LogP contribution in [-0.4, -0.2) is 24.8 Å². The fourth-order valence-electron chi connectivity index (χ4n) is 2.99. The van der Waals surface area contributed by atoms with Gasteiger partial charge in [0.2, 0.25) is 6.79 Å². The number of fused-ring (bicyclic) bond motifs is 1.